The van der Waals surface area contributed by atoms with Crippen LogP contribution in [0.4, 0.5) is 0 Å². The molecule has 2 amide bonds. The molecule has 11 nitrogen and oxygen atoms in total. The second-order valence-corrected chi connectivity index (χ2v) is 13.5. The number of benzene rings is 2. The van der Waals surface area contributed by atoms with Crippen LogP contribution in [0.15, 0.2) is 48.8 Å². The quantitative estimate of drug-likeness (QED) is 0.208. The predicted octanol–water partition coefficient (Wildman–Crippen LogP) is 5.51. The molecule has 3 saturated heterocycles. The van der Waals surface area contributed by atoms with E-state index < -0.39 is 0 Å². The van der Waals surface area contributed by atoms with Crippen LogP contribution in [0.2, 0.25) is 10.0 Å². The zero-order valence-electron chi connectivity index (χ0n) is 27.3. The van der Waals surface area contributed by atoms with Gasteiger partial charge in [0.05, 0.1) is 48.0 Å². The minimum Gasteiger partial charge on any atom is -0.480 e. The number of rotatable bonds is 11. The lowest BCUT2D eigenvalue weighted by Gasteiger charge is -2.18. The topological polar surface area (TPSA) is 131 Å². The highest BCUT2D eigenvalue weighted by Crippen LogP contribution is 2.42. The first kappa shape index (κ1) is 33.2. The van der Waals surface area contributed by atoms with Gasteiger partial charge in [-0.1, -0.05) is 59.6 Å². The second kappa shape index (κ2) is 14.3. The number of carbonyl (C=O) groups is 2. The summed E-state index contributed by atoms with van der Waals surface area (Å²) >= 11 is 14.1. The van der Waals surface area contributed by atoms with Crippen LogP contribution in [0.1, 0.15) is 43.5 Å². The van der Waals surface area contributed by atoms with E-state index in [2.05, 4.69) is 20.5 Å². The van der Waals surface area contributed by atoms with Crippen LogP contribution in [0.3, 0.4) is 0 Å². The van der Waals surface area contributed by atoms with E-state index in [1.165, 1.54) is 0 Å². The molecular formula is C36H37Cl2N7O4. The number of likely N-dealkylation sites (tertiary alicyclic amines) is 1. The van der Waals surface area contributed by atoms with Crippen molar-refractivity contribution >= 4 is 35.0 Å². The standard InChI is InChI=1S/C36H37Cl2N7O4/c1-48-35-26(11-3-6-21-12-13-31(46)41-21)39-15-27(43-35)24-9-4-7-22(33(24)37)23-8-5-10-25(34(23)38)28-16-40-30(36(44-28)49-2)19-45-17-20-14-32(47)42-29(20)18-45/h4-5,7-10,15-16,20-21,29H,3,6,11-14,17-19H2,1-2H3,(H,41,46)(H,42,47)/t20-,21-,29+/m1/s1. The van der Waals surface area contributed by atoms with E-state index in [9.17, 15) is 9.59 Å². The normalized spacial score (nSPS) is 20.3. The monoisotopic (exact) mass is 701 g/mol. The zero-order valence-corrected chi connectivity index (χ0v) is 28.9. The highest BCUT2D eigenvalue weighted by atomic mass is 35.5. The van der Waals surface area contributed by atoms with Gasteiger partial charge in [-0.25, -0.2) is 9.97 Å². The molecule has 13 heteroatoms. The summed E-state index contributed by atoms with van der Waals surface area (Å²) < 4.78 is 11.3. The number of nitrogens with one attached hydrogen (secondary N) is 2. The number of nitrogens with zero attached hydrogens (tertiary/aromatic N) is 5. The summed E-state index contributed by atoms with van der Waals surface area (Å²) in [7, 11) is 3.17. The number of aryl methyl sites for hydroxylation is 1. The molecule has 2 N–H and O–H groups in total. The van der Waals surface area contributed by atoms with E-state index in [-0.39, 0.29) is 23.9 Å². The molecule has 0 aliphatic carbocycles. The molecular weight excluding hydrogens is 665 g/mol. The van der Waals surface area contributed by atoms with Gasteiger partial charge in [-0.05, 0) is 25.7 Å². The van der Waals surface area contributed by atoms with E-state index in [0.717, 1.165) is 54.9 Å². The molecule has 3 aliphatic rings. The van der Waals surface area contributed by atoms with Gasteiger partial charge in [0, 0.05) is 72.7 Å². The Morgan fingerprint density at radius 3 is 2.02 bits per heavy atom. The third kappa shape index (κ3) is 6.92. The summed E-state index contributed by atoms with van der Waals surface area (Å²) in [5.41, 5.74) is 5.50. The van der Waals surface area contributed by atoms with Gasteiger partial charge in [-0.3, -0.25) is 24.5 Å². The predicted molar refractivity (Wildman–Crippen MR) is 186 cm³/mol. The maximum absolute atomic E-state index is 11.7. The van der Waals surface area contributed by atoms with Crippen molar-refractivity contribution < 1.29 is 19.1 Å². The molecule has 3 aliphatic heterocycles. The van der Waals surface area contributed by atoms with Gasteiger partial charge in [-0.15, -0.1) is 0 Å². The van der Waals surface area contributed by atoms with Gasteiger partial charge in [0.25, 0.3) is 0 Å². The minimum absolute atomic E-state index is 0.122. The summed E-state index contributed by atoms with van der Waals surface area (Å²) in [6, 6.07) is 11.9. The zero-order chi connectivity index (χ0) is 34.1. The van der Waals surface area contributed by atoms with Gasteiger partial charge >= 0.3 is 0 Å². The van der Waals surface area contributed by atoms with Gasteiger partial charge in [0.15, 0.2) is 0 Å². The Morgan fingerprint density at radius 1 is 0.816 bits per heavy atom. The number of hydrogen-bond acceptors (Lipinski definition) is 9. The molecule has 2 aromatic heterocycles. The summed E-state index contributed by atoms with van der Waals surface area (Å²) in [6.07, 6.45) is 7.90. The number of aromatic nitrogens is 4. The summed E-state index contributed by atoms with van der Waals surface area (Å²) in [5.74, 6) is 1.46. The first-order chi connectivity index (χ1) is 23.8. The van der Waals surface area contributed by atoms with Crippen LogP contribution in [0.25, 0.3) is 33.6 Å². The molecule has 0 radical (unpaired) electrons. The van der Waals surface area contributed by atoms with Crippen LogP contribution >= 0.6 is 23.2 Å². The minimum atomic E-state index is 0.122. The third-order valence-electron chi connectivity index (χ3n) is 9.58. The van der Waals surface area contributed by atoms with Crippen LogP contribution in [0.5, 0.6) is 11.8 Å². The van der Waals surface area contributed by atoms with E-state index >= 15 is 0 Å². The molecule has 3 fully saturated rings. The number of fused-ring (bicyclic) bond motifs is 1. The van der Waals surface area contributed by atoms with Crippen molar-refractivity contribution in [2.24, 2.45) is 5.92 Å². The molecule has 0 unspecified atom stereocenters. The van der Waals surface area contributed by atoms with Crippen LogP contribution in [0, 0.1) is 5.92 Å². The Morgan fingerprint density at radius 2 is 1.43 bits per heavy atom. The Bertz CT molecular complexity index is 1890. The van der Waals surface area contributed by atoms with E-state index in [4.69, 9.17) is 47.6 Å². The van der Waals surface area contributed by atoms with Crippen molar-refractivity contribution in [3.63, 3.8) is 0 Å². The lowest BCUT2D eigenvalue weighted by Crippen LogP contribution is -2.32. The number of ether oxygens (including phenoxy) is 2. The van der Waals surface area contributed by atoms with Crippen molar-refractivity contribution in [3.05, 3.63) is 70.2 Å². The van der Waals surface area contributed by atoms with Crippen molar-refractivity contribution in [2.45, 2.75) is 57.2 Å². The molecule has 0 bridgehead atoms. The number of halogens is 2. The van der Waals surface area contributed by atoms with Crippen molar-refractivity contribution in [3.8, 4) is 45.4 Å². The molecule has 0 saturated carbocycles. The summed E-state index contributed by atoms with van der Waals surface area (Å²) in [6.45, 7) is 2.18. The maximum Gasteiger partial charge on any atom is 0.237 e. The highest BCUT2D eigenvalue weighted by Gasteiger charge is 2.40. The Labute approximate surface area is 294 Å². The van der Waals surface area contributed by atoms with Gasteiger partial charge < -0.3 is 20.1 Å². The van der Waals surface area contributed by atoms with Crippen LogP contribution in [-0.2, 0) is 22.6 Å². The van der Waals surface area contributed by atoms with Crippen molar-refractivity contribution in [1.29, 1.82) is 0 Å². The molecule has 3 atom stereocenters. The summed E-state index contributed by atoms with van der Waals surface area (Å²) in [5, 5.41) is 7.03. The molecule has 254 valence electrons. The fourth-order valence-corrected chi connectivity index (χ4v) is 7.77. The Kier molecular flexibility index (Phi) is 9.66. The summed E-state index contributed by atoms with van der Waals surface area (Å²) in [4.78, 5) is 44.5. The lowest BCUT2D eigenvalue weighted by atomic mass is 9.98. The smallest absolute Gasteiger partial charge is 0.237 e. The fourth-order valence-electron chi connectivity index (χ4n) is 7.12. The molecule has 7 rings (SSSR count). The maximum atomic E-state index is 11.7. The largest absolute Gasteiger partial charge is 0.480 e. The SMILES string of the molecule is COc1nc(-c2cccc(-c3cccc(-c4cnc(CN5C[C@H]6CC(=O)N[C@H]6C5)c(OC)n4)c3Cl)c2Cl)cnc1CCC[C@@H]1CCC(=O)N1. The third-order valence-corrected chi connectivity index (χ3v) is 10.4. The van der Waals surface area contributed by atoms with Crippen LogP contribution in [-0.4, -0.2) is 76.0 Å². The molecule has 0 spiro atoms. The second-order valence-electron chi connectivity index (χ2n) is 12.8. The average molecular weight is 703 g/mol. The molecule has 4 aromatic rings. The van der Waals surface area contributed by atoms with E-state index in [0.29, 0.717) is 76.0 Å². The Balaban J connectivity index is 1.10. The average Bonchev–Trinajstić information content (AvgIpc) is 3.79. The molecule has 5 heterocycles. The highest BCUT2D eigenvalue weighted by molar-refractivity contribution is 6.39. The van der Waals surface area contributed by atoms with E-state index in [1.807, 2.05) is 36.4 Å². The van der Waals surface area contributed by atoms with Crippen molar-refractivity contribution in [2.75, 3.05) is 27.3 Å². The number of carbonyl (C=O) groups excluding carboxylic acids is 2. The number of methoxy groups -OCH3 is 2. The lowest BCUT2D eigenvalue weighted by molar-refractivity contribution is -0.120. The molecule has 2 aromatic carbocycles. The van der Waals surface area contributed by atoms with Gasteiger partial charge in [0.1, 0.15) is 11.4 Å². The van der Waals surface area contributed by atoms with Crippen LogP contribution < -0.4 is 20.1 Å². The molecule has 49 heavy (non-hydrogen) atoms. The van der Waals surface area contributed by atoms with Crippen molar-refractivity contribution in [1.82, 2.24) is 35.5 Å². The Hall–Kier alpha value is -4.32. The number of hydrogen-bond donors (Lipinski definition) is 2. The first-order valence-corrected chi connectivity index (χ1v) is 17.3. The van der Waals surface area contributed by atoms with Gasteiger partial charge in [-0.2, -0.15) is 0 Å². The fraction of sp³-hybridized carbons (Fsp3) is 0.389. The number of amides is 2. The van der Waals surface area contributed by atoms with Gasteiger partial charge in [0.2, 0.25) is 23.6 Å². The van der Waals surface area contributed by atoms with E-state index in [1.54, 1.807) is 26.6 Å². The first-order valence-electron chi connectivity index (χ1n) is 16.5.